The fraction of sp³-hybridized carbons (Fsp3) is 0.615. The first kappa shape index (κ1) is 15.8. The van der Waals surface area contributed by atoms with Crippen LogP contribution in [0.5, 0.6) is 0 Å². The maximum absolute atomic E-state index is 5.94. The van der Waals surface area contributed by atoms with Crippen LogP contribution in [0.15, 0.2) is 29.1 Å². The van der Waals surface area contributed by atoms with E-state index in [0.29, 0.717) is 5.60 Å². The summed E-state index contributed by atoms with van der Waals surface area (Å²) in [6.45, 7) is 11.8. The second kappa shape index (κ2) is 5.39. The Morgan fingerprint density at radius 1 is 1.21 bits per heavy atom. The van der Waals surface area contributed by atoms with Crippen molar-refractivity contribution in [3.8, 4) is 0 Å². The molecule has 0 aromatic rings. The summed E-state index contributed by atoms with van der Waals surface area (Å²) in [7, 11) is 3.24. The largest absolute Gasteiger partial charge is 0.513 e. The summed E-state index contributed by atoms with van der Waals surface area (Å²) >= 11 is 0. The normalized spacial score (nSPS) is 22.0. The minimum absolute atomic E-state index is 0.396. The molecule has 2 N–H and O–H groups in total. The van der Waals surface area contributed by atoms with E-state index in [9.17, 15) is 0 Å². The zero-order chi connectivity index (χ0) is 14.8. The van der Waals surface area contributed by atoms with Gasteiger partial charge in [0.15, 0.2) is 0 Å². The maximum Gasteiger partial charge on any atom is 0.513 e. The van der Waals surface area contributed by atoms with Gasteiger partial charge in [-0.05, 0) is 27.7 Å². The highest BCUT2D eigenvalue weighted by Gasteiger charge is 2.52. The maximum atomic E-state index is 5.94. The first-order valence-corrected chi connectivity index (χ1v) is 6.27. The highest BCUT2D eigenvalue weighted by atomic mass is 16.7. The summed E-state index contributed by atoms with van der Waals surface area (Å²) in [6, 6.07) is 0. The fourth-order valence-electron chi connectivity index (χ4n) is 1.36. The van der Waals surface area contributed by atoms with Crippen LogP contribution in [0.4, 0.5) is 0 Å². The number of aliphatic imine (C=N–C) groups is 1. The van der Waals surface area contributed by atoms with Crippen molar-refractivity contribution >= 4 is 13.3 Å². The molecular formula is C13H24BN3O2. The topological polar surface area (TPSA) is 60.1 Å². The monoisotopic (exact) mass is 265 g/mol. The van der Waals surface area contributed by atoms with Gasteiger partial charge < -0.3 is 19.9 Å². The van der Waals surface area contributed by atoms with Gasteiger partial charge in [-0.2, -0.15) is 0 Å². The van der Waals surface area contributed by atoms with Gasteiger partial charge in [-0.3, -0.25) is 4.99 Å². The highest BCUT2D eigenvalue weighted by Crippen LogP contribution is 2.37. The average molecular weight is 265 g/mol. The van der Waals surface area contributed by atoms with Gasteiger partial charge in [0.2, 0.25) is 0 Å². The molecule has 0 aromatic carbocycles. The Labute approximate surface area is 116 Å². The van der Waals surface area contributed by atoms with E-state index in [4.69, 9.17) is 15.0 Å². The van der Waals surface area contributed by atoms with E-state index in [0.717, 1.165) is 5.70 Å². The summed E-state index contributed by atoms with van der Waals surface area (Å²) in [5.74, 6) is 0. The Morgan fingerprint density at radius 3 is 2.11 bits per heavy atom. The Bertz CT molecular complexity index is 398. The van der Waals surface area contributed by atoms with Crippen LogP contribution >= 0.6 is 0 Å². The predicted octanol–water partition coefficient (Wildman–Crippen LogP) is 1.56. The molecule has 19 heavy (non-hydrogen) atoms. The van der Waals surface area contributed by atoms with E-state index in [-0.39, 0.29) is 0 Å². The lowest BCUT2D eigenvalue weighted by Gasteiger charge is -2.32. The van der Waals surface area contributed by atoms with E-state index in [1.165, 1.54) is 6.20 Å². The average Bonchev–Trinajstić information content (AvgIpc) is 2.47. The second-order valence-electron chi connectivity index (χ2n) is 5.88. The standard InChI is InChI=1S/C13H24BN3O2/c1-10(17(6)7)8-16-9-11(15)14-18-12(2,3)13(4,5)19-14/h8-9H,1,15H2,2-7H3/b11-9-,16-8-. The Hall–Kier alpha value is -1.27. The van der Waals surface area contributed by atoms with E-state index in [2.05, 4.69) is 11.6 Å². The van der Waals surface area contributed by atoms with E-state index in [1.807, 2.05) is 46.7 Å². The van der Waals surface area contributed by atoms with Gasteiger partial charge in [0.05, 0.1) is 16.8 Å². The van der Waals surface area contributed by atoms with Crippen LogP contribution in [0.1, 0.15) is 27.7 Å². The summed E-state index contributed by atoms with van der Waals surface area (Å²) in [5.41, 5.74) is 6.38. The lowest BCUT2D eigenvalue weighted by atomic mass is 9.86. The minimum Gasteiger partial charge on any atom is -0.404 e. The third-order valence-corrected chi connectivity index (χ3v) is 3.55. The number of allylic oxidation sites excluding steroid dienone is 1. The molecule has 0 bridgehead atoms. The van der Waals surface area contributed by atoms with Gasteiger partial charge in [-0.15, -0.1) is 0 Å². The van der Waals surface area contributed by atoms with Crippen LogP contribution in [-0.2, 0) is 9.31 Å². The Balaban J connectivity index is 2.70. The fourth-order valence-corrected chi connectivity index (χ4v) is 1.36. The Morgan fingerprint density at radius 2 is 1.68 bits per heavy atom. The molecule has 0 aromatic heterocycles. The summed E-state index contributed by atoms with van der Waals surface area (Å²) in [4.78, 5) is 5.98. The summed E-state index contributed by atoms with van der Waals surface area (Å²) in [6.07, 6.45) is 3.18. The molecule has 0 atom stereocenters. The minimum atomic E-state index is -0.560. The van der Waals surface area contributed by atoms with Gasteiger partial charge in [-0.1, -0.05) is 6.58 Å². The van der Waals surface area contributed by atoms with Crippen molar-refractivity contribution in [1.82, 2.24) is 4.90 Å². The van der Waals surface area contributed by atoms with E-state index < -0.39 is 18.3 Å². The quantitative estimate of drug-likeness (QED) is 0.619. The van der Waals surface area contributed by atoms with Crippen LogP contribution in [0.3, 0.4) is 0 Å². The van der Waals surface area contributed by atoms with Crippen LogP contribution in [0.2, 0.25) is 0 Å². The third-order valence-electron chi connectivity index (χ3n) is 3.55. The zero-order valence-electron chi connectivity index (χ0n) is 12.7. The molecule has 0 amide bonds. The van der Waals surface area contributed by atoms with Crippen molar-refractivity contribution in [2.75, 3.05) is 14.1 Å². The highest BCUT2D eigenvalue weighted by molar-refractivity contribution is 6.54. The number of hydrogen-bond acceptors (Lipinski definition) is 5. The molecule has 0 saturated carbocycles. The van der Waals surface area contributed by atoms with Crippen molar-refractivity contribution < 1.29 is 9.31 Å². The SMILES string of the molecule is C=C(/C=N\C=C(/N)B1OC(C)(C)C(C)(C)O1)N(C)C. The van der Waals surface area contributed by atoms with E-state index in [1.54, 1.807) is 6.21 Å². The smallest absolute Gasteiger partial charge is 0.404 e. The molecule has 0 aliphatic carbocycles. The van der Waals surface area contributed by atoms with Crippen molar-refractivity contribution in [2.24, 2.45) is 10.7 Å². The van der Waals surface area contributed by atoms with Gasteiger partial charge in [-0.25, -0.2) is 0 Å². The molecule has 1 aliphatic rings. The molecule has 1 saturated heterocycles. The lowest BCUT2D eigenvalue weighted by Crippen LogP contribution is -2.41. The van der Waals surface area contributed by atoms with E-state index >= 15 is 0 Å². The molecule has 106 valence electrons. The summed E-state index contributed by atoms with van der Waals surface area (Å²) in [5, 5.41) is 0. The molecule has 1 fully saturated rings. The lowest BCUT2D eigenvalue weighted by molar-refractivity contribution is 0.00578. The van der Waals surface area contributed by atoms with Crippen LogP contribution in [0, 0.1) is 0 Å². The first-order valence-electron chi connectivity index (χ1n) is 6.27. The van der Waals surface area contributed by atoms with Crippen molar-refractivity contribution in [3.05, 3.63) is 24.1 Å². The molecule has 0 unspecified atom stereocenters. The van der Waals surface area contributed by atoms with Crippen LogP contribution < -0.4 is 5.73 Å². The number of hydrogen-bond donors (Lipinski definition) is 1. The van der Waals surface area contributed by atoms with Gasteiger partial charge in [0.25, 0.3) is 0 Å². The van der Waals surface area contributed by atoms with Crippen molar-refractivity contribution in [1.29, 1.82) is 0 Å². The predicted molar refractivity (Wildman–Crippen MR) is 79.7 cm³/mol. The number of nitrogens with two attached hydrogens (primary N) is 1. The third kappa shape index (κ3) is 3.61. The van der Waals surface area contributed by atoms with Crippen molar-refractivity contribution in [3.63, 3.8) is 0 Å². The Kier molecular flexibility index (Phi) is 4.48. The van der Waals surface area contributed by atoms with Crippen molar-refractivity contribution in [2.45, 2.75) is 38.9 Å². The molecule has 1 rings (SSSR count). The molecule has 1 heterocycles. The number of nitrogens with zero attached hydrogens (tertiary/aromatic N) is 2. The zero-order valence-corrected chi connectivity index (χ0v) is 12.7. The van der Waals surface area contributed by atoms with Crippen LogP contribution in [-0.4, -0.2) is 43.5 Å². The molecule has 0 radical (unpaired) electrons. The molecular weight excluding hydrogens is 241 g/mol. The number of rotatable bonds is 4. The first-order chi connectivity index (χ1) is 8.57. The van der Waals surface area contributed by atoms with Gasteiger partial charge in [0, 0.05) is 32.2 Å². The molecule has 6 heteroatoms. The summed E-state index contributed by atoms with van der Waals surface area (Å²) < 4.78 is 11.6. The second-order valence-corrected chi connectivity index (χ2v) is 5.88. The molecule has 1 aliphatic heterocycles. The molecule has 5 nitrogen and oxygen atoms in total. The molecule has 0 spiro atoms. The van der Waals surface area contributed by atoms with Crippen LogP contribution in [0.25, 0.3) is 0 Å². The van der Waals surface area contributed by atoms with Gasteiger partial charge >= 0.3 is 7.12 Å². The van der Waals surface area contributed by atoms with Gasteiger partial charge in [0.1, 0.15) is 0 Å².